The first-order valence-electron chi connectivity index (χ1n) is 11.3. The molecule has 5 heteroatoms. The monoisotopic (exact) mass is 399 g/mol. The van der Waals surface area contributed by atoms with Gasteiger partial charge in [0.2, 0.25) is 0 Å². The van der Waals surface area contributed by atoms with Gasteiger partial charge in [0.1, 0.15) is 6.54 Å². The van der Waals surface area contributed by atoms with Crippen LogP contribution in [0, 0.1) is 5.92 Å². The fourth-order valence-corrected chi connectivity index (χ4v) is 3.65. The highest BCUT2D eigenvalue weighted by Gasteiger charge is 2.22. The average Bonchev–Trinajstić information content (AvgIpc) is 2.54. The third-order valence-corrected chi connectivity index (χ3v) is 5.05. The van der Waals surface area contributed by atoms with Gasteiger partial charge in [-0.2, -0.15) is 0 Å². The lowest BCUT2D eigenvalue weighted by Gasteiger charge is -2.29. The summed E-state index contributed by atoms with van der Waals surface area (Å²) in [4.78, 5) is 22.8. The summed E-state index contributed by atoms with van der Waals surface area (Å²) in [6.07, 6.45) is 13.1. The Bertz CT molecular complexity index is 417. The zero-order valence-corrected chi connectivity index (χ0v) is 19.1. The summed E-state index contributed by atoms with van der Waals surface area (Å²) in [7, 11) is 5.84. The number of rotatable bonds is 18. The first-order valence-corrected chi connectivity index (χ1v) is 11.3. The summed E-state index contributed by atoms with van der Waals surface area (Å²) >= 11 is 0. The molecule has 0 aromatic carbocycles. The van der Waals surface area contributed by atoms with Gasteiger partial charge in [-0.15, -0.1) is 0 Å². The lowest BCUT2D eigenvalue weighted by atomic mass is 9.98. The summed E-state index contributed by atoms with van der Waals surface area (Å²) in [6, 6.07) is 0. The fraction of sp³-hybridized carbons (Fsp3) is 0.913. The van der Waals surface area contributed by atoms with E-state index in [2.05, 4.69) is 13.8 Å². The van der Waals surface area contributed by atoms with Crippen LogP contribution in [0.4, 0.5) is 0 Å². The third kappa shape index (κ3) is 18.3. The Morgan fingerprint density at radius 3 is 1.93 bits per heavy atom. The molecule has 0 saturated heterocycles. The van der Waals surface area contributed by atoms with Crippen molar-refractivity contribution in [3.63, 3.8) is 0 Å². The standard InChI is InChI=1S/C23H45NO4/c1-6-15-20(2)16-13-11-9-7-8-10-12-14-17-23(27)28-21(18-22(25)26)19-24(3,4)5/h20-21H,6-19H2,1-5H3. The minimum absolute atomic E-state index is 0.238. The number of carbonyl (C=O) groups is 2. The van der Waals surface area contributed by atoms with Crippen molar-refractivity contribution in [3.8, 4) is 0 Å². The van der Waals surface area contributed by atoms with Gasteiger partial charge in [0.05, 0.1) is 21.1 Å². The van der Waals surface area contributed by atoms with Crippen molar-refractivity contribution in [1.29, 1.82) is 0 Å². The van der Waals surface area contributed by atoms with Crippen LogP contribution in [0.1, 0.15) is 97.3 Å². The number of quaternary nitrogens is 1. The van der Waals surface area contributed by atoms with E-state index in [-0.39, 0.29) is 12.4 Å². The van der Waals surface area contributed by atoms with E-state index in [0.717, 1.165) is 25.2 Å². The number of esters is 1. The molecule has 0 N–H and O–H groups in total. The Labute approximate surface area is 173 Å². The van der Waals surface area contributed by atoms with Gasteiger partial charge in [-0.1, -0.05) is 78.1 Å². The lowest BCUT2D eigenvalue weighted by molar-refractivity contribution is -0.873. The third-order valence-electron chi connectivity index (χ3n) is 5.05. The molecule has 0 aliphatic rings. The smallest absolute Gasteiger partial charge is 0.306 e. The van der Waals surface area contributed by atoms with E-state index < -0.39 is 12.1 Å². The molecule has 0 fully saturated rings. The van der Waals surface area contributed by atoms with Crippen molar-refractivity contribution in [1.82, 2.24) is 0 Å². The highest BCUT2D eigenvalue weighted by atomic mass is 16.5. The molecule has 0 rings (SSSR count). The molecule has 0 amide bonds. The van der Waals surface area contributed by atoms with Crippen LogP contribution in [0.15, 0.2) is 0 Å². The average molecular weight is 400 g/mol. The maximum Gasteiger partial charge on any atom is 0.306 e. The zero-order chi connectivity index (χ0) is 21.4. The minimum atomic E-state index is -1.17. The molecule has 0 saturated carbocycles. The Morgan fingerprint density at radius 2 is 1.43 bits per heavy atom. The number of carbonyl (C=O) groups excluding carboxylic acids is 2. The quantitative estimate of drug-likeness (QED) is 0.198. The SMILES string of the molecule is CCCC(C)CCCCCCCCCCC(=O)OC(CC(=O)[O-])C[N+](C)(C)C. The highest BCUT2D eigenvalue weighted by molar-refractivity contribution is 5.70. The number of hydrogen-bond acceptors (Lipinski definition) is 4. The van der Waals surface area contributed by atoms with Crippen molar-refractivity contribution in [2.45, 2.75) is 103 Å². The molecule has 2 unspecified atom stereocenters. The number of ether oxygens (including phenoxy) is 1. The Kier molecular flexibility index (Phi) is 15.2. The maximum absolute atomic E-state index is 12.0. The molecule has 0 bridgehead atoms. The minimum Gasteiger partial charge on any atom is -0.550 e. The van der Waals surface area contributed by atoms with Gasteiger partial charge in [-0.3, -0.25) is 4.79 Å². The first-order chi connectivity index (χ1) is 13.1. The molecule has 0 aromatic heterocycles. The number of carboxylic acids is 1. The molecule has 0 radical (unpaired) electrons. The molecule has 5 nitrogen and oxygen atoms in total. The largest absolute Gasteiger partial charge is 0.550 e. The number of hydrogen-bond donors (Lipinski definition) is 0. The number of nitrogens with zero attached hydrogens (tertiary/aromatic N) is 1. The van der Waals surface area contributed by atoms with Crippen LogP contribution in [0.5, 0.6) is 0 Å². The molecule has 0 heterocycles. The summed E-state index contributed by atoms with van der Waals surface area (Å²) in [5, 5.41) is 10.9. The van der Waals surface area contributed by atoms with Crippen LogP contribution >= 0.6 is 0 Å². The maximum atomic E-state index is 12.0. The predicted molar refractivity (Wildman–Crippen MR) is 113 cm³/mol. The van der Waals surface area contributed by atoms with E-state index in [1.54, 1.807) is 0 Å². The second-order valence-corrected chi connectivity index (χ2v) is 9.42. The van der Waals surface area contributed by atoms with Crippen molar-refractivity contribution in [2.75, 3.05) is 27.7 Å². The normalized spacial score (nSPS) is 13.9. The first kappa shape index (κ1) is 26.9. The summed E-state index contributed by atoms with van der Waals surface area (Å²) in [6.45, 7) is 5.09. The zero-order valence-electron chi connectivity index (χ0n) is 19.1. The number of likely N-dealkylation sites (N-methyl/N-ethyl adjacent to an activating group) is 1. The molecular formula is C23H45NO4. The van der Waals surface area contributed by atoms with E-state index in [4.69, 9.17) is 4.74 Å². The molecular weight excluding hydrogens is 354 g/mol. The van der Waals surface area contributed by atoms with Crippen molar-refractivity contribution < 1.29 is 23.9 Å². The Balaban J connectivity index is 3.70. The lowest BCUT2D eigenvalue weighted by Crippen LogP contribution is -2.45. The highest BCUT2D eigenvalue weighted by Crippen LogP contribution is 2.16. The van der Waals surface area contributed by atoms with Gasteiger partial charge in [0, 0.05) is 18.8 Å². The molecule has 0 spiro atoms. The molecule has 28 heavy (non-hydrogen) atoms. The van der Waals surface area contributed by atoms with E-state index in [1.807, 2.05) is 21.1 Å². The van der Waals surface area contributed by atoms with Gasteiger partial charge in [-0.05, 0) is 12.3 Å². The Hall–Kier alpha value is -1.10. The summed E-state index contributed by atoms with van der Waals surface area (Å²) < 4.78 is 5.91. The van der Waals surface area contributed by atoms with Crippen LogP contribution in [-0.4, -0.2) is 50.2 Å². The van der Waals surface area contributed by atoms with Crippen LogP contribution < -0.4 is 5.11 Å². The molecule has 0 aliphatic carbocycles. The van der Waals surface area contributed by atoms with Gasteiger partial charge >= 0.3 is 5.97 Å². The second kappa shape index (κ2) is 15.8. The van der Waals surface area contributed by atoms with Crippen molar-refractivity contribution in [2.24, 2.45) is 5.92 Å². The predicted octanol–water partition coefficient (Wildman–Crippen LogP) is 4.08. The molecule has 0 aromatic rings. The molecule has 0 aliphatic heterocycles. The van der Waals surface area contributed by atoms with E-state index >= 15 is 0 Å². The van der Waals surface area contributed by atoms with E-state index in [9.17, 15) is 14.7 Å². The molecule has 2 atom stereocenters. The second-order valence-electron chi connectivity index (χ2n) is 9.42. The number of aliphatic carboxylic acids is 1. The molecule has 166 valence electrons. The van der Waals surface area contributed by atoms with Crippen molar-refractivity contribution in [3.05, 3.63) is 0 Å². The van der Waals surface area contributed by atoms with Crippen LogP contribution in [0.2, 0.25) is 0 Å². The number of carboxylic acid groups (broad SMARTS) is 1. The van der Waals surface area contributed by atoms with Gasteiger partial charge < -0.3 is 19.1 Å². The summed E-state index contributed by atoms with van der Waals surface area (Å²) in [5.74, 6) is -0.592. The fourth-order valence-electron chi connectivity index (χ4n) is 3.65. The van der Waals surface area contributed by atoms with Crippen LogP contribution in [-0.2, 0) is 14.3 Å². The topological polar surface area (TPSA) is 66.4 Å². The van der Waals surface area contributed by atoms with Gasteiger partial charge in [0.15, 0.2) is 6.10 Å². The van der Waals surface area contributed by atoms with E-state index in [1.165, 1.54) is 51.4 Å². The van der Waals surface area contributed by atoms with Crippen LogP contribution in [0.25, 0.3) is 0 Å². The van der Waals surface area contributed by atoms with Crippen molar-refractivity contribution >= 4 is 11.9 Å². The van der Waals surface area contributed by atoms with E-state index in [0.29, 0.717) is 17.4 Å². The van der Waals surface area contributed by atoms with Gasteiger partial charge in [0.25, 0.3) is 0 Å². The number of unbranched alkanes of at least 4 members (excludes halogenated alkanes) is 7. The Morgan fingerprint density at radius 1 is 0.893 bits per heavy atom. The van der Waals surface area contributed by atoms with Gasteiger partial charge in [-0.25, -0.2) is 0 Å². The summed E-state index contributed by atoms with van der Waals surface area (Å²) in [5.41, 5.74) is 0. The van der Waals surface area contributed by atoms with Crippen LogP contribution in [0.3, 0.4) is 0 Å².